The van der Waals surface area contributed by atoms with Crippen molar-refractivity contribution in [2.24, 2.45) is 0 Å². The molecule has 0 radical (unpaired) electrons. The summed E-state index contributed by atoms with van der Waals surface area (Å²) in [6.07, 6.45) is 36.6. The molecule has 360 valence electrons. The molecule has 0 spiro atoms. The molecule has 61 heavy (non-hydrogen) atoms. The van der Waals surface area contributed by atoms with Gasteiger partial charge in [0, 0.05) is 13.0 Å². The SMILES string of the molecule is CCC/C=C\CCCCCCCC(=O)OC(COCCCCCCCCCCCCCC/C=C\CCCCCCCCCC)COC1OC(CO)C(O)C(OS(=O)(=O)O)C1O. The Morgan fingerprint density at radius 1 is 0.607 bits per heavy atom. The molecule has 1 saturated heterocycles. The molecule has 0 bridgehead atoms. The summed E-state index contributed by atoms with van der Waals surface area (Å²) in [6, 6.07) is 0. The zero-order valence-electron chi connectivity index (χ0n) is 38.5. The normalized spacial score (nSPS) is 20.3. The monoisotopic (exact) mass is 891 g/mol. The Bertz CT molecular complexity index is 1170. The molecule has 0 amide bonds. The zero-order valence-corrected chi connectivity index (χ0v) is 39.3. The van der Waals surface area contributed by atoms with Crippen LogP contribution in [0.25, 0.3) is 0 Å². The second kappa shape index (κ2) is 40.1. The van der Waals surface area contributed by atoms with Crippen molar-refractivity contribution in [2.75, 3.05) is 26.4 Å². The summed E-state index contributed by atoms with van der Waals surface area (Å²) >= 11 is 0. The number of hydrogen-bond acceptors (Lipinski definition) is 11. The van der Waals surface area contributed by atoms with Crippen LogP contribution in [0.2, 0.25) is 0 Å². The molecule has 1 fully saturated rings. The zero-order chi connectivity index (χ0) is 44.7. The highest BCUT2D eigenvalue weighted by Gasteiger charge is 2.48. The van der Waals surface area contributed by atoms with Crippen LogP contribution in [0.3, 0.4) is 0 Å². The number of allylic oxidation sites excluding steroid dienone is 4. The van der Waals surface area contributed by atoms with E-state index in [1.807, 2.05) is 0 Å². The van der Waals surface area contributed by atoms with Crippen LogP contribution < -0.4 is 0 Å². The molecule has 12 nitrogen and oxygen atoms in total. The molecule has 0 aromatic rings. The standard InChI is InChI=1S/C48H90O12S/c1-3-5-7-9-11-13-15-16-17-18-19-20-21-22-23-24-25-26-27-28-30-32-34-36-38-56-40-42(58-44(50)37-35-33-31-29-14-12-10-8-6-4-2)41-57-48-46(52)47(60-61(53,54)55)45(51)43(39-49)59-48/h8,10,18-19,42-43,45-49,51-52H,3-7,9,11-17,20-41H2,1-2H3,(H,53,54,55)/b10-8-,19-18-. The fraction of sp³-hybridized carbons (Fsp3) is 0.896. The number of carbonyl (C=O) groups is 1. The van der Waals surface area contributed by atoms with Gasteiger partial charge in [0.25, 0.3) is 0 Å². The molecule has 1 heterocycles. The van der Waals surface area contributed by atoms with Crippen molar-refractivity contribution in [1.29, 1.82) is 0 Å². The van der Waals surface area contributed by atoms with E-state index in [2.05, 4.69) is 42.3 Å². The molecule has 6 atom stereocenters. The maximum Gasteiger partial charge on any atom is 0.397 e. The van der Waals surface area contributed by atoms with Crippen LogP contribution in [0.15, 0.2) is 24.3 Å². The lowest BCUT2D eigenvalue weighted by atomic mass is 9.99. The minimum atomic E-state index is -5.06. The van der Waals surface area contributed by atoms with Crippen LogP contribution in [-0.2, 0) is 38.3 Å². The average Bonchev–Trinajstić information content (AvgIpc) is 3.23. The van der Waals surface area contributed by atoms with Gasteiger partial charge in [0.05, 0.1) is 19.8 Å². The second-order valence-corrected chi connectivity index (χ2v) is 18.1. The Labute approximate surface area is 371 Å². The molecular weight excluding hydrogens is 801 g/mol. The van der Waals surface area contributed by atoms with Gasteiger partial charge >= 0.3 is 16.4 Å². The van der Waals surface area contributed by atoms with Gasteiger partial charge in [-0.3, -0.25) is 9.35 Å². The summed E-state index contributed by atoms with van der Waals surface area (Å²) in [5.41, 5.74) is 0. The fourth-order valence-electron chi connectivity index (χ4n) is 7.55. The van der Waals surface area contributed by atoms with Crippen LogP contribution in [0.1, 0.15) is 213 Å². The van der Waals surface area contributed by atoms with Crippen LogP contribution in [0.4, 0.5) is 0 Å². The highest BCUT2D eigenvalue weighted by molar-refractivity contribution is 7.80. The van der Waals surface area contributed by atoms with Crippen LogP contribution in [-0.4, -0.2) is 97.5 Å². The van der Waals surface area contributed by atoms with Crippen molar-refractivity contribution in [3.8, 4) is 0 Å². The first-order valence-corrected chi connectivity index (χ1v) is 26.0. The largest absolute Gasteiger partial charge is 0.457 e. The highest BCUT2D eigenvalue weighted by Crippen LogP contribution is 2.26. The first-order chi connectivity index (χ1) is 29.6. The summed E-state index contributed by atoms with van der Waals surface area (Å²) in [5.74, 6) is -0.409. The van der Waals surface area contributed by atoms with Gasteiger partial charge in [-0.2, -0.15) is 8.42 Å². The summed E-state index contributed by atoms with van der Waals surface area (Å²) in [7, 11) is -5.06. The summed E-state index contributed by atoms with van der Waals surface area (Å²) in [6.45, 7) is 3.93. The number of unbranched alkanes of at least 4 members (excludes halogenated alkanes) is 26. The maximum atomic E-state index is 12.8. The van der Waals surface area contributed by atoms with Crippen molar-refractivity contribution < 1.29 is 56.2 Å². The third-order valence-electron chi connectivity index (χ3n) is 11.3. The topological polar surface area (TPSA) is 178 Å². The molecule has 0 aromatic heterocycles. The first-order valence-electron chi connectivity index (χ1n) is 24.6. The lowest BCUT2D eigenvalue weighted by Crippen LogP contribution is -2.60. The van der Waals surface area contributed by atoms with Crippen LogP contribution in [0, 0.1) is 0 Å². The molecule has 0 saturated carbocycles. The number of aliphatic hydroxyl groups excluding tert-OH is 3. The number of hydrogen-bond donors (Lipinski definition) is 4. The van der Waals surface area contributed by atoms with Crippen molar-refractivity contribution in [3.05, 3.63) is 24.3 Å². The van der Waals surface area contributed by atoms with Gasteiger partial charge in [-0.15, -0.1) is 0 Å². The van der Waals surface area contributed by atoms with E-state index in [-0.39, 0.29) is 19.6 Å². The summed E-state index contributed by atoms with van der Waals surface area (Å²) < 4.78 is 59.0. The molecule has 6 unspecified atom stereocenters. The van der Waals surface area contributed by atoms with Crippen LogP contribution in [0.5, 0.6) is 0 Å². The second-order valence-electron chi connectivity index (χ2n) is 17.0. The first kappa shape index (κ1) is 57.6. The van der Waals surface area contributed by atoms with Gasteiger partial charge in [-0.25, -0.2) is 4.18 Å². The Balaban J connectivity index is 2.29. The molecule has 4 N–H and O–H groups in total. The number of carbonyl (C=O) groups excluding carboxylic acids is 1. The van der Waals surface area contributed by atoms with Gasteiger partial charge in [0.1, 0.15) is 30.5 Å². The van der Waals surface area contributed by atoms with E-state index in [9.17, 15) is 28.5 Å². The van der Waals surface area contributed by atoms with E-state index in [4.69, 9.17) is 23.5 Å². The van der Waals surface area contributed by atoms with E-state index in [1.54, 1.807) is 0 Å². The highest BCUT2D eigenvalue weighted by atomic mass is 32.3. The molecule has 1 rings (SSSR count). The maximum absolute atomic E-state index is 12.8. The number of aliphatic hydroxyl groups is 3. The number of ether oxygens (including phenoxy) is 4. The van der Waals surface area contributed by atoms with E-state index in [1.165, 1.54) is 122 Å². The third kappa shape index (κ3) is 33.7. The third-order valence-corrected chi connectivity index (χ3v) is 11.7. The molecule has 0 aliphatic carbocycles. The van der Waals surface area contributed by atoms with Gasteiger partial charge in [0.2, 0.25) is 0 Å². The van der Waals surface area contributed by atoms with Crippen LogP contribution >= 0.6 is 0 Å². The fourth-order valence-corrected chi connectivity index (χ4v) is 8.06. The summed E-state index contributed by atoms with van der Waals surface area (Å²) in [4.78, 5) is 12.8. The Kier molecular flexibility index (Phi) is 37.9. The van der Waals surface area contributed by atoms with Crippen molar-refractivity contribution >= 4 is 16.4 Å². The van der Waals surface area contributed by atoms with Crippen molar-refractivity contribution in [2.45, 2.75) is 250 Å². The van der Waals surface area contributed by atoms with Crippen molar-refractivity contribution in [1.82, 2.24) is 0 Å². The molecule has 1 aliphatic rings. The lowest BCUT2D eigenvalue weighted by molar-refractivity contribution is -0.301. The minimum Gasteiger partial charge on any atom is -0.457 e. The molecule has 1 aliphatic heterocycles. The molecule has 0 aromatic carbocycles. The average molecular weight is 891 g/mol. The van der Waals surface area contributed by atoms with E-state index in [0.717, 1.165) is 64.2 Å². The van der Waals surface area contributed by atoms with Crippen molar-refractivity contribution in [3.63, 3.8) is 0 Å². The Hall–Kier alpha value is -1.42. The predicted molar refractivity (Wildman–Crippen MR) is 244 cm³/mol. The molecular formula is C48H90O12S. The summed E-state index contributed by atoms with van der Waals surface area (Å²) in [5, 5.41) is 30.6. The van der Waals surface area contributed by atoms with E-state index < -0.39 is 59.8 Å². The molecule has 13 heteroatoms. The van der Waals surface area contributed by atoms with E-state index >= 15 is 0 Å². The Morgan fingerprint density at radius 3 is 1.54 bits per heavy atom. The van der Waals surface area contributed by atoms with Gasteiger partial charge in [-0.1, -0.05) is 173 Å². The van der Waals surface area contributed by atoms with Gasteiger partial charge in [-0.05, 0) is 57.8 Å². The lowest BCUT2D eigenvalue weighted by Gasteiger charge is -2.41. The Morgan fingerprint density at radius 2 is 1.07 bits per heavy atom. The predicted octanol–water partition coefficient (Wildman–Crippen LogP) is 10.8. The van der Waals surface area contributed by atoms with Gasteiger partial charge < -0.3 is 34.3 Å². The van der Waals surface area contributed by atoms with E-state index in [0.29, 0.717) is 13.0 Å². The number of rotatable bonds is 43. The van der Waals surface area contributed by atoms with Gasteiger partial charge in [0.15, 0.2) is 6.29 Å². The quantitative estimate of drug-likeness (QED) is 0.0197. The number of esters is 1. The minimum absolute atomic E-state index is 0.0349. The smallest absolute Gasteiger partial charge is 0.397 e.